The van der Waals surface area contributed by atoms with Gasteiger partial charge in [-0.15, -0.1) is 0 Å². The molecule has 9 aliphatic heterocycles. The van der Waals surface area contributed by atoms with Gasteiger partial charge in [0.2, 0.25) is 12.2 Å². The van der Waals surface area contributed by atoms with Gasteiger partial charge in [0.15, 0.2) is 49.8 Å². The number of hydrogen-bond donors (Lipinski definition) is 28. The average molecular weight is 1530 g/mol. The molecule has 0 bridgehead atoms. The summed E-state index contributed by atoms with van der Waals surface area (Å²) in [6.45, 7) is -3.04. The molecule has 105 heavy (non-hydrogen) atoms. The van der Waals surface area contributed by atoms with Gasteiger partial charge in [0.05, 0.1) is 52.9 Å². The number of ether oxygens (including phenoxy) is 16. The minimum Gasteiger partial charge on any atom is -0.506 e. The first-order chi connectivity index (χ1) is 49.5. The van der Waals surface area contributed by atoms with E-state index in [1.54, 1.807) is 26.0 Å². The third-order valence-electron chi connectivity index (χ3n) is 20.1. The molecule has 1 aromatic rings. The molecule has 0 spiro atoms. The van der Waals surface area contributed by atoms with Crippen molar-refractivity contribution in [1.29, 1.82) is 0 Å². The largest absolute Gasteiger partial charge is 0.506 e. The Bertz CT molecular complexity index is 2900. The van der Waals surface area contributed by atoms with Crippen molar-refractivity contribution in [1.82, 2.24) is 5.32 Å². The molecule has 0 saturated carbocycles. The van der Waals surface area contributed by atoms with Crippen LogP contribution in [-0.2, 0) is 77.5 Å². The van der Waals surface area contributed by atoms with Crippen molar-refractivity contribution in [3.63, 3.8) is 0 Å². The number of aliphatic hydroxyl groups is 27. The summed E-state index contributed by atoms with van der Waals surface area (Å²) >= 11 is 0. The number of rotatable bonds is 26. The zero-order chi connectivity index (χ0) is 76.7. The Labute approximate surface area is 595 Å². The lowest BCUT2D eigenvalue weighted by atomic mass is 9.82. The fourth-order valence-electron chi connectivity index (χ4n) is 13.1. The third kappa shape index (κ3) is 18.2. The summed E-state index contributed by atoms with van der Waals surface area (Å²) in [7, 11) is 0. The summed E-state index contributed by atoms with van der Waals surface area (Å²) in [6, 6.07) is 6.01. The predicted molar refractivity (Wildman–Crippen MR) is 326 cm³/mol. The van der Waals surface area contributed by atoms with Gasteiger partial charge in [-0.05, 0) is 24.1 Å². The molecule has 1 aromatic carbocycles. The van der Waals surface area contributed by atoms with E-state index in [1.165, 1.54) is 12.1 Å². The molecule has 0 aliphatic carbocycles. The van der Waals surface area contributed by atoms with Crippen molar-refractivity contribution in [2.45, 2.75) is 272 Å². The molecule has 9 heterocycles. The SMILES string of the molecule is CC1(C)C(O)=C(O)NC1Cc1ccc(OC2OC(COC3OC(COC4OC(COC5OC(COC6OC(COC7OC(COC8OC(COC9OC(CO)C(O)C(O)C9O)C(O)C(O)C8O)[C@@H](O)C(O)C7O)C(O)C(O)C6O)C(O)C(O)C5O)C(O)C(O)C4O)[C@@H](O)C(O)[C@H]3O)C(O)C(O)C2O)cc1. The van der Waals surface area contributed by atoms with Gasteiger partial charge >= 0.3 is 0 Å². The van der Waals surface area contributed by atoms with E-state index in [-0.39, 0.29) is 23.4 Å². The van der Waals surface area contributed by atoms with Gasteiger partial charge in [0.1, 0.15) is 201 Å². The van der Waals surface area contributed by atoms with Crippen LogP contribution in [-0.4, -0.2) is 442 Å². The quantitative estimate of drug-likeness (QED) is 0.0409. The van der Waals surface area contributed by atoms with E-state index in [0.717, 1.165) is 5.56 Å². The van der Waals surface area contributed by atoms with Crippen molar-refractivity contribution in [3.8, 4) is 5.75 Å². The fraction of sp³-hybridized carbons (Fsp3) is 0.869. The van der Waals surface area contributed by atoms with E-state index >= 15 is 0 Å². The minimum atomic E-state index is -2.10. The molecule has 0 aromatic heterocycles. The Morgan fingerprint density at radius 2 is 0.505 bits per heavy atom. The molecule has 8 saturated heterocycles. The number of nitrogens with one attached hydrogen (secondary N) is 1. The van der Waals surface area contributed by atoms with Crippen LogP contribution in [0.3, 0.4) is 0 Å². The van der Waals surface area contributed by atoms with Crippen LogP contribution >= 0.6 is 0 Å². The van der Waals surface area contributed by atoms with Gasteiger partial charge in [-0.25, -0.2) is 0 Å². The van der Waals surface area contributed by atoms with Crippen LogP contribution in [0.1, 0.15) is 19.4 Å². The smallest absolute Gasteiger partial charge is 0.229 e. The summed E-state index contributed by atoms with van der Waals surface area (Å²) in [5, 5.41) is 291. The molecular weight excluding hydrogens is 1430 g/mol. The van der Waals surface area contributed by atoms with Crippen molar-refractivity contribution < 1.29 is 214 Å². The van der Waals surface area contributed by atoms with Gasteiger partial charge in [-0.2, -0.15) is 0 Å². The molecule has 10 rings (SSSR count). The summed E-state index contributed by atoms with van der Waals surface area (Å²) < 4.78 is 89.8. The van der Waals surface area contributed by atoms with Crippen LogP contribution < -0.4 is 10.1 Å². The van der Waals surface area contributed by atoms with Gasteiger partial charge < -0.3 is 219 Å². The topological polar surface area (TPSA) is 706 Å². The monoisotopic (exact) mass is 1530 g/mol. The number of aliphatic hydroxyl groups excluding tert-OH is 27. The molecule has 41 atom stereocenters. The maximum atomic E-state index is 11.0. The van der Waals surface area contributed by atoms with Gasteiger partial charge in [0, 0.05) is 11.5 Å². The molecule has 9 aliphatic rings. The van der Waals surface area contributed by atoms with Gasteiger partial charge in [0.25, 0.3) is 0 Å². The second-order valence-corrected chi connectivity index (χ2v) is 27.7. The summed E-state index contributed by atoms with van der Waals surface area (Å²) in [5.41, 5.74) is -0.0348. The van der Waals surface area contributed by atoms with Crippen molar-refractivity contribution in [3.05, 3.63) is 41.5 Å². The van der Waals surface area contributed by atoms with E-state index < -0.39 is 304 Å². The normalized spacial score (nSPS) is 49.1. The van der Waals surface area contributed by atoms with E-state index in [1.807, 2.05) is 0 Å². The fourth-order valence-corrected chi connectivity index (χ4v) is 13.1. The Morgan fingerprint density at radius 1 is 0.295 bits per heavy atom. The Morgan fingerprint density at radius 3 is 0.724 bits per heavy atom. The van der Waals surface area contributed by atoms with E-state index in [4.69, 9.17) is 75.8 Å². The molecule has 8 fully saturated rings. The van der Waals surface area contributed by atoms with E-state index in [0.29, 0.717) is 6.42 Å². The Kier molecular flexibility index (Phi) is 28.4. The second-order valence-electron chi connectivity index (χ2n) is 27.7. The van der Waals surface area contributed by atoms with Crippen LogP contribution in [0.5, 0.6) is 5.75 Å². The van der Waals surface area contributed by atoms with Crippen LogP contribution in [0.15, 0.2) is 35.9 Å². The third-order valence-corrected chi connectivity index (χ3v) is 20.1. The zero-order valence-corrected chi connectivity index (χ0v) is 56.0. The lowest BCUT2D eigenvalue weighted by Crippen LogP contribution is -2.63. The van der Waals surface area contributed by atoms with Crippen LogP contribution in [0.25, 0.3) is 0 Å². The number of hydrogen-bond acceptors (Lipinski definition) is 44. The lowest BCUT2D eigenvalue weighted by Gasteiger charge is -2.45. The minimum absolute atomic E-state index is 0.146. The van der Waals surface area contributed by atoms with Gasteiger partial charge in [-0.1, -0.05) is 26.0 Å². The highest BCUT2D eigenvalue weighted by molar-refractivity contribution is 5.30. The first-order valence-electron chi connectivity index (χ1n) is 33.7. The molecule has 44 heteroatoms. The standard InChI is InChI=1S/C61H97NO43/c1-61(2)26(62-52(89)51(61)88)7-16-3-5-17(6-4-16)97-60-50(87)42(79)34(71)25(105-60)15-96-59-49(86)41(78)33(70)24(104-59)14-95-58-48(85)40(77)32(69)23(103-58)13-94-57-47(84)39(76)31(68)22(102-57)12-93-56-46(83)38(75)30(67)21(101-56)11-92-55-45(82)37(74)29(66)20(100-55)10-91-54-44(81)36(73)28(65)19(99-54)9-90-53-43(80)35(72)27(64)18(8-63)98-53/h3-6,18-50,53-60,62-89H,7-15H2,1-2H3/t18?,19?,20?,21?,22?,23?,24?,25?,26?,27?,28?,29-,30?,31?,32?,33-,34?,35?,36?,37?,38?,39?,40?,41?,42?,43?,44?,45?,46?,47?,48?,49-,50?,53?,54?,55?,56?,57?,58?,59?,60?/m1/s1. The summed E-state index contributed by atoms with van der Waals surface area (Å²) in [5.74, 6) is -0.373. The predicted octanol–water partition coefficient (Wildman–Crippen LogP) is -15.5. The van der Waals surface area contributed by atoms with Crippen molar-refractivity contribution in [2.24, 2.45) is 5.41 Å². The zero-order valence-electron chi connectivity index (χ0n) is 56.0. The van der Waals surface area contributed by atoms with Gasteiger partial charge in [-0.3, -0.25) is 0 Å². The van der Waals surface area contributed by atoms with Crippen LogP contribution in [0.2, 0.25) is 0 Å². The molecule has 38 unspecified atom stereocenters. The van der Waals surface area contributed by atoms with E-state index in [2.05, 4.69) is 5.32 Å². The highest BCUT2D eigenvalue weighted by atomic mass is 16.8. The van der Waals surface area contributed by atoms with Crippen molar-refractivity contribution >= 4 is 0 Å². The number of benzene rings is 1. The molecule has 28 N–H and O–H groups in total. The summed E-state index contributed by atoms with van der Waals surface area (Å²) in [6.07, 6.45) is -74.8. The molecular formula is C61H97NO43. The van der Waals surface area contributed by atoms with Crippen LogP contribution in [0.4, 0.5) is 0 Å². The lowest BCUT2D eigenvalue weighted by molar-refractivity contribution is -0.354. The van der Waals surface area contributed by atoms with Crippen LogP contribution in [0, 0.1) is 5.41 Å². The molecule has 44 nitrogen and oxygen atoms in total. The average Bonchev–Trinajstić information content (AvgIpc) is 1.75. The Balaban J connectivity index is 0.682. The second kappa shape index (κ2) is 35.5. The first kappa shape index (κ1) is 84.0. The molecule has 604 valence electrons. The van der Waals surface area contributed by atoms with Crippen molar-refractivity contribution in [2.75, 3.05) is 52.9 Å². The maximum absolute atomic E-state index is 11.0. The van der Waals surface area contributed by atoms with E-state index in [9.17, 15) is 138 Å². The Hall–Kier alpha value is -3.44. The highest BCUT2D eigenvalue weighted by Gasteiger charge is 2.55. The molecule has 0 radical (unpaired) electrons. The highest BCUT2D eigenvalue weighted by Crippen LogP contribution is 2.39. The maximum Gasteiger partial charge on any atom is 0.229 e. The summed E-state index contributed by atoms with van der Waals surface area (Å²) in [4.78, 5) is 0. The molecule has 0 amide bonds. The first-order valence-corrected chi connectivity index (χ1v) is 33.7.